The standard InChI is InChI=1S/C16H24N2O3/c1-2-17-8-10-20-13-16(11-17)6-4-7-18(12-16)15(19)14-5-3-9-21-14/h3,5,9H,2,4,6-8,10-13H2,1H3. The summed E-state index contributed by atoms with van der Waals surface area (Å²) >= 11 is 0. The zero-order chi connectivity index (χ0) is 14.7. The summed E-state index contributed by atoms with van der Waals surface area (Å²) in [5.74, 6) is 0.445. The third-order valence-corrected chi connectivity index (χ3v) is 4.65. The van der Waals surface area contributed by atoms with Crippen LogP contribution in [0.4, 0.5) is 0 Å². The first-order valence-corrected chi connectivity index (χ1v) is 7.85. The highest BCUT2D eigenvalue weighted by Crippen LogP contribution is 2.33. The zero-order valence-electron chi connectivity index (χ0n) is 12.7. The second-order valence-corrected chi connectivity index (χ2v) is 6.23. The average molecular weight is 292 g/mol. The molecule has 2 fully saturated rings. The lowest BCUT2D eigenvalue weighted by Crippen LogP contribution is -2.52. The molecule has 1 aromatic heterocycles. The molecule has 0 aliphatic carbocycles. The van der Waals surface area contributed by atoms with Gasteiger partial charge in [-0.15, -0.1) is 0 Å². The molecule has 1 atom stereocenters. The highest BCUT2D eigenvalue weighted by molar-refractivity contribution is 5.91. The minimum Gasteiger partial charge on any atom is -0.459 e. The van der Waals surface area contributed by atoms with Gasteiger partial charge in [-0.1, -0.05) is 6.92 Å². The van der Waals surface area contributed by atoms with Crippen LogP contribution in [0.1, 0.15) is 30.3 Å². The molecule has 1 unspecified atom stereocenters. The Morgan fingerprint density at radius 3 is 3.05 bits per heavy atom. The van der Waals surface area contributed by atoms with Crippen molar-refractivity contribution in [2.75, 3.05) is 45.9 Å². The first-order chi connectivity index (χ1) is 10.2. The lowest BCUT2D eigenvalue weighted by Gasteiger charge is -2.43. The third-order valence-electron chi connectivity index (χ3n) is 4.65. The molecule has 0 N–H and O–H groups in total. The number of ether oxygens (including phenoxy) is 1. The van der Waals surface area contributed by atoms with Crippen LogP contribution in [0.25, 0.3) is 0 Å². The summed E-state index contributed by atoms with van der Waals surface area (Å²) < 4.78 is 11.1. The second kappa shape index (κ2) is 6.20. The van der Waals surface area contributed by atoms with Crippen LogP contribution in [-0.2, 0) is 4.74 Å². The molecule has 2 aliphatic heterocycles. The van der Waals surface area contributed by atoms with Crippen LogP contribution in [0.15, 0.2) is 22.8 Å². The van der Waals surface area contributed by atoms with Gasteiger partial charge in [0, 0.05) is 31.6 Å². The van der Waals surface area contributed by atoms with Gasteiger partial charge in [-0.3, -0.25) is 4.79 Å². The summed E-state index contributed by atoms with van der Waals surface area (Å²) in [6.07, 6.45) is 3.72. The van der Waals surface area contributed by atoms with Gasteiger partial charge in [0.25, 0.3) is 5.91 Å². The van der Waals surface area contributed by atoms with Crippen molar-refractivity contribution >= 4 is 5.91 Å². The van der Waals surface area contributed by atoms with Crippen molar-refractivity contribution in [2.45, 2.75) is 19.8 Å². The van der Waals surface area contributed by atoms with Gasteiger partial charge < -0.3 is 19.0 Å². The minimum atomic E-state index is 0.00590. The monoisotopic (exact) mass is 292 g/mol. The van der Waals surface area contributed by atoms with Gasteiger partial charge in [-0.25, -0.2) is 0 Å². The van der Waals surface area contributed by atoms with Crippen LogP contribution in [0.3, 0.4) is 0 Å². The fraction of sp³-hybridized carbons (Fsp3) is 0.688. The molecule has 1 amide bonds. The van der Waals surface area contributed by atoms with Crippen molar-refractivity contribution in [2.24, 2.45) is 5.41 Å². The van der Waals surface area contributed by atoms with E-state index in [-0.39, 0.29) is 11.3 Å². The van der Waals surface area contributed by atoms with E-state index < -0.39 is 0 Å². The molecule has 1 aromatic rings. The minimum absolute atomic E-state index is 0.00590. The molecule has 0 saturated carbocycles. The van der Waals surface area contributed by atoms with Crippen molar-refractivity contribution in [3.05, 3.63) is 24.2 Å². The fourth-order valence-electron chi connectivity index (χ4n) is 3.54. The zero-order valence-corrected chi connectivity index (χ0v) is 12.7. The SMILES string of the molecule is CCN1CCOCC2(CCCN(C(=O)c3ccco3)C2)C1. The van der Waals surface area contributed by atoms with Crippen molar-refractivity contribution in [1.29, 1.82) is 0 Å². The Kier molecular flexibility index (Phi) is 4.31. The Bertz CT molecular complexity index is 474. The van der Waals surface area contributed by atoms with E-state index in [2.05, 4.69) is 11.8 Å². The Labute approximate surface area is 125 Å². The van der Waals surface area contributed by atoms with Crippen molar-refractivity contribution in [1.82, 2.24) is 9.80 Å². The van der Waals surface area contributed by atoms with Gasteiger partial charge in [0.05, 0.1) is 19.5 Å². The molecular weight excluding hydrogens is 268 g/mol. The number of carbonyl (C=O) groups is 1. The van der Waals surface area contributed by atoms with Crippen LogP contribution in [0, 0.1) is 5.41 Å². The Morgan fingerprint density at radius 2 is 2.29 bits per heavy atom. The molecule has 5 nitrogen and oxygen atoms in total. The molecule has 0 bridgehead atoms. The number of furan rings is 1. The van der Waals surface area contributed by atoms with Crippen LogP contribution >= 0.6 is 0 Å². The summed E-state index contributed by atoms with van der Waals surface area (Å²) in [5, 5.41) is 0. The van der Waals surface area contributed by atoms with E-state index in [1.807, 2.05) is 4.90 Å². The Balaban J connectivity index is 1.73. The lowest BCUT2D eigenvalue weighted by molar-refractivity contribution is 0.00647. The number of nitrogens with zero attached hydrogens (tertiary/aromatic N) is 2. The molecule has 3 heterocycles. The van der Waals surface area contributed by atoms with Gasteiger partial charge >= 0.3 is 0 Å². The van der Waals surface area contributed by atoms with Crippen LogP contribution in [-0.4, -0.2) is 61.6 Å². The van der Waals surface area contributed by atoms with E-state index in [4.69, 9.17) is 9.15 Å². The molecule has 21 heavy (non-hydrogen) atoms. The molecule has 1 spiro atoms. The summed E-state index contributed by atoms with van der Waals surface area (Å²) in [4.78, 5) is 16.9. The van der Waals surface area contributed by atoms with Crippen molar-refractivity contribution < 1.29 is 13.9 Å². The van der Waals surface area contributed by atoms with Gasteiger partial charge in [-0.05, 0) is 31.5 Å². The van der Waals surface area contributed by atoms with Gasteiger partial charge in [0.15, 0.2) is 5.76 Å². The first kappa shape index (κ1) is 14.6. The quantitative estimate of drug-likeness (QED) is 0.834. The molecule has 2 saturated heterocycles. The van der Waals surface area contributed by atoms with Gasteiger partial charge in [0.2, 0.25) is 0 Å². The van der Waals surface area contributed by atoms with Crippen LogP contribution in [0.2, 0.25) is 0 Å². The van der Waals surface area contributed by atoms with E-state index in [1.165, 1.54) is 0 Å². The number of carbonyl (C=O) groups excluding carboxylic acids is 1. The third kappa shape index (κ3) is 3.14. The number of rotatable bonds is 2. The van der Waals surface area contributed by atoms with Crippen LogP contribution in [0.5, 0.6) is 0 Å². The van der Waals surface area contributed by atoms with Gasteiger partial charge in [-0.2, -0.15) is 0 Å². The average Bonchev–Trinajstić information content (AvgIpc) is 2.97. The predicted octanol–water partition coefficient (Wildman–Crippen LogP) is 1.85. The normalized spacial score (nSPS) is 27.8. The molecule has 116 valence electrons. The molecule has 0 aromatic carbocycles. The summed E-state index contributed by atoms with van der Waals surface area (Å²) in [6.45, 7) is 8.37. The summed E-state index contributed by atoms with van der Waals surface area (Å²) in [7, 11) is 0. The van der Waals surface area contributed by atoms with E-state index in [0.29, 0.717) is 5.76 Å². The fourth-order valence-corrected chi connectivity index (χ4v) is 3.54. The van der Waals surface area contributed by atoms with E-state index in [9.17, 15) is 4.79 Å². The summed E-state index contributed by atoms with van der Waals surface area (Å²) in [6, 6.07) is 3.51. The topological polar surface area (TPSA) is 45.9 Å². The predicted molar refractivity (Wildman–Crippen MR) is 79.2 cm³/mol. The van der Waals surface area contributed by atoms with E-state index in [1.54, 1.807) is 18.4 Å². The number of likely N-dealkylation sites (N-methyl/N-ethyl adjacent to an activating group) is 1. The maximum absolute atomic E-state index is 12.5. The molecule has 0 radical (unpaired) electrons. The number of likely N-dealkylation sites (tertiary alicyclic amines) is 1. The highest BCUT2D eigenvalue weighted by atomic mass is 16.5. The number of hydrogen-bond acceptors (Lipinski definition) is 4. The van der Waals surface area contributed by atoms with E-state index in [0.717, 1.165) is 58.8 Å². The van der Waals surface area contributed by atoms with E-state index >= 15 is 0 Å². The van der Waals surface area contributed by atoms with Gasteiger partial charge in [0.1, 0.15) is 0 Å². The maximum atomic E-state index is 12.5. The van der Waals surface area contributed by atoms with Crippen molar-refractivity contribution in [3.63, 3.8) is 0 Å². The Hall–Kier alpha value is -1.33. The first-order valence-electron chi connectivity index (χ1n) is 7.85. The van der Waals surface area contributed by atoms with Crippen LogP contribution < -0.4 is 0 Å². The Morgan fingerprint density at radius 1 is 1.38 bits per heavy atom. The number of hydrogen-bond donors (Lipinski definition) is 0. The number of amides is 1. The smallest absolute Gasteiger partial charge is 0.289 e. The molecule has 5 heteroatoms. The lowest BCUT2D eigenvalue weighted by atomic mass is 9.80. The largest absolute Gasteiger partial charge is 0.459 e. The number of piperidine rings is 1. The maximum Gasteiger partial charge on any atom is 0.289 e. The molecular formula is C16H24N2O3. The molecule has 2 aliphatic rings. The highest BCUT2D eigenvalue weighted by Gasteiger charge is 2.40. The van der Waals surface area contributed by atoms with Crippen molar-refractivity contribution in [3.8, 4) is 0 Å². The molecule has 3 rings (SSSR count). The summed E-state index contributed by atoms with van der Waals surface area (Å²) in [5.41, 5.74) is 0.0764. The second-order valence-electron chi connectivity index (χ2n) is 6.23.